The molecule has 0 saturated heterocycles. The molecule has 41 heavy (non-hydrogen) atoms. The van der Waals surface area contributed by atoms with Crippen molar-refractivity contribution in [1.29, 1.82) is 0 Å². The molecule has 2 aromatic carbocycles. The maximum Gasteiger partial charge on any atom is 0.374 e. The molecule has 4 N–H and O–H groups in total. The zero-order valence-corrected chi connectivity index (χ0v) is 26.8. The number of anilines is 1. The monoisotopic (exact) mass is 599 g/mol. The predicted molar refractivity (Wildman–Crippen MR) is 167 cm³/mol. The number of benzene rings is 2. The minimum Gasteiger partial charge on any atom is -0.543 e. The fourth-order valence-electron chi connectivity index (χ4n) is 4.00. The summed E-state index contributed by atoms with van der Waals surface area (Å²) in [5.74, 6) is -0.187. The van der Waals surface area contributed by atoms with Gasteiger partial charge in [0.25, 0.3) is 14.2 Å². The van der Waals surface area contributed by atoms with Crippen LogP contribution in [-0.2, 0) is 17.7 Å². The minimum atomic E-state index is -2.10. The molecule has 0 spiro atoms. The third kappa shape index (κ3) is 8.12. The van der Waals surface area contributed by atoms with Gasteiger partial charge in [0.15, 0.2) is 11.5 Å². The van der Waals surface area contributed by atoms with Gasteiger partial charge in [-0.3, -0.25) is 4.79 Å². The number of carbonyl (C=O) groups is 2. The van der Waals surface area contributed by atoms with Crippen LogP contribution in [0.3, 0.4) is 0 Å². The van der Waals surface area contributed by atoms with E-state index < -0.39 is 14.3 Å². The second kappa shape index (κ2) is 13.5. The number of nitrogens with zero attached hydrogens (tertiary/aromatic N) is 2. The molecule has 0 bridgehead atoms. The molecule has 11 heteroatoms. The van der Waals surface area contributed by atoms with Crippen molar-refractivity contribution >= 4 is 37.6 Å². The molecule has 0 radical (unpaired) electrons. The van der Waals surface area contributed by atoms with Crippen molar-refractivity contribution in [2.24, 2.45) is 5.73 Å². The number of carbonyl (C=O) groups excluding carboxylic acids is 2. The highest BCUT2D eigenvalue weighted by Gasteiger charge is 2.39. The van der Waals surface area contributed by atoms with E-state index in [2.05, 4.69) is 49.5 Å². The number of ether oxygens (including phenoxy) is 1. The molecule has 0 fully saturated rings. The van der Waals surface area contributed by atoms with Crippen LogP contribution in [0, 0.1) is 0 Å². The fourth-order valence-corrected chi connectivity index (χ4v) is 5.34. The average Bonchev–Trinajstić information content (AvgIpc) is 3.26. The van der Waals surface area contributed by atoms with Crippen LogP contribution in [0.2, 0.25) is 23.2 Å². The molecular weight excluding hydrogens is 558 g/mol. The number of nitrogens with one attached hydrogen (secondary N) is 2. The first-order valence-corrected chi connectivity index (χ1v) is 17.0. The Morgan fingerprint density at radius 3 is 2.39 bits per heavy atom. The van der Waals surface area contributed by atoms with Gasteiger partial charge in [-0.25, -0.2) is 9.78 Å². The molecule has 1 heterocycles. The van der Waals surface area contributed by atoms with Gasteiger partial charge < -0.3 is 30.1 Å². The Bertz CT molecular complexity index is 1350. The Kier molecular flexibility index (Phi) is 10.6. The number of aromatic nitrogens is 2. The first-order valence-electron chi connectivity index (χ1n) is 13.7. The number of imidazole rings is 1. The molecule has 0 saturated carbocycles. The molecule has 9 nitrogen and oxygen atoms in total. The number of methoxy groups -OCH3 is 1. The van der Waals surface area contributed by atoms with Crippen LogP contribution in [0.5, 0.6) is 5.75 Å². The van der Waals surface area contributed by atoms with E-state index in [1.807, 2.05) is 49.4 Å². The van der Waals surface area contributed by atoms with E-state index in [9.17, 15) is 9.59 Å². The molecule has 1 atom stereocenters. The zero-order valence-electron chi connectivity index (χ0n) is 25.0. The van der Waals surface area contributed by atoms with Crippen LogP contribution in [-0.4, -0.2) is 56.0 Å². The lowest BCUT2D eigenvalue weighted by molar-refractivity contribution is 0.0581. The van der Waals surface area contributed by atoms with E-state index in [-0.39, 0.29) is 40.9 Å². The van der Waals surface area contributed by atoms with Gasteiger partial charge in [-0.05, 0) is 54.7 Å². The van der Waals surface area contributed by atoms with Crippen molar-refractivity contribution in [3.05, 3.63) is 76.2 Å². The summed E-state index contributed by atoms with van der Waals surface area (Å²) in [4.78, 5) is 30.5. The Balaban J connectivity index is 1.94. The van der Waals surface area contributed by atoms with Gasteiger partial charge in [-0.2, -0.15) is 0 Å². The van der Waals surface area contributed by atoms with Gasteiger partial charge in [0.1, 0.15) is 5.75 Å². The van der Waals surface area contributed by atoms with Crippen LogP contribution >= 0.6 is 11.6 Å². The highest BCUT2D eigenvalue weighted by Crippen LogP contribution is 2.39. The van der Waals surface area contributed by atoms with Crippen molar-refractivity contribution in [3.8, 4) is 5.75 Å². The number of esters is 1. The lowest BCUT2D eigenvalue weighted by Crippen LogP contribution is -2.43. The topological polar surface area (TPSA) is 121 Å². The summed E-state index contributed by atoms with van der Waals surface area (Å²) in [7, 11) is -0.825. The quantitative estimate of drug-likeness (QED) is 0.186. The Morgan fingerprint density at radius 1 is 1.12 bits per heavy atom. The first-order chi connectivity index (χ1) is 19.3. The smallest absolute Gasteiger partial charge is 0.374 e. The molecule has 0 aliphatic rings. The van der Waals surface area contributed by atoms with E-state index in [0.29, 0.717) is 30.3 Å². The number of rotatable bonds is 12. The van der Waals surface area contributed by atoms with Crippen molar-refractivity contribution in [2.45, 2.75) is 64.8 Å². The standard InChI is InChI=1S/C30H42ClN5O4Si/c1-8-33-28(37)25-26(34-18-22(32)16-20-12-10-9-11-13-20)35-27(29(38)39-5)36(25)19-21-14-15-24(23(31)17-21)40-41(6,7)30(2,3)4/h9-15,17,22,34H,8,16,18-19,32H2,1-7H3,(H,33,37)/t22-/m1/s1. The van der Waals surface area contributed by atoms with Gasteiger partial charge >= 0.3 is 5.97 Å². The van der Waals surface area contributed by atoms with Crippen LogP contribution in [0.1, 0.15) is 59.9 Å². The van der Waals surface area contributed by atoms with Crippen molar-refractivity contribution in [1.82, 2.24) is 14.9 Å². The number of hydrogen-bond acceptors (Lipinski definition) is 7. The minimum absolute atomic E-state index is 0.00870. The summed E-state index contributed by atoms with van der Waals surface area (Å²) in [6, 6.07) is 15.1. The van der Waals surface area contributed by atoms with E-state index in [0.717, 1.165) is 11.1 Å². The van der Waals surface area contributed by atoms with Gasteiger partial charge in [0, 0.05) is 19.1 Å². The lowest BCUT2D eigenvalue weighted by atomic mass is 10.1. The molecule has 222 valence electrons. The Labute approximate surface area is 248 Å². The second-order valence-electron chi connectivity index (χ2n) is 11.5. The largest absolute Gasteiger partial charge is 0.543 e. The maximum atomic E-state index is 13.3. The SMILES string of the molecule is CCNC(=O)c1c(NC[C@H](N)Cc2ccccc2)nc(C(=O)OC)n1Cc1ccc(O[Si](C)(C)C(C)(C)C)c(Cl)c1. The summed E-state index contributed by atoms with van der Waals surface area (Å²) in [6.45, 7) is 13.5. The van der Waals surface area contributed by atoms with E-state index in [1.54, 1.807) is 10.6 Å². The summed E-state index contributed by atoms with van der Waals surface area (Å²) in [6.07, 6.45) is 0.636. The molecular formula is C30H42ClN5O4Si. The molecule has 1 amide bonds. The number of hydrogen-bond donors (Lipinski definition) is 3. The van der Waals surface area contributed by atoms with Crippen LogP contribution < -0.4 is 20.8 Å². The Hall–Kier alpha value is -3.34. The highest BCUT2D eigenvalue weighted by atomic mass is 35.5. The van der Waals surface area contributed by atoms with E-state index in [4.69, 9.17) is 26.5 Å². The summed E-state index contributed by atoms with van der Waals surface area (Å²) < 4.78 is 13.0. The van der Waals surface area contributed by atoms with Gasteiger partial charge in [-0.1, -0.05) is 68.8 Å². The molecule has 0 aliphatic heterocycles. The highest BCUT2D eigenvalue weighted by molar-refractivity contribution is 6.74. The van der Waals surface area contributed by atoms with Crippen LogP contribution in [0.25, 0.3) is 0 Å². The predicted octanol–water partition coefficient (Wildman–Crippen LogP) is 5.49. The summed E-state index contributed by atoms with van der Waals surface area (Å²) in [5, 5.41) is 6.48. The number of amides is 1. The number of nitrogens with two attached hydrogens (primary N) is 1. The molecule has 0 aliphatic carbocycles. The summed E-state index contributed by atoms with van der Waals surface area (Å²) in [5.41, 5.74) is 8.45. The second-order valence-corrected chi connectivity index (χ2v) is 16.7. The van der Waals surface area contributed by atoms with E-state index in [1.165, 1.54) is 7.11 Å². The van der Waals surface area contributed by atoms with Gasteiger partial charge in [0.05, 0.1) is 18.7 Å². The lowest BCUT2D eigenvalue weighted by Gasteiger charge is -2.36. The molecule has 3 aromatic rings. The van der Waals surface area contributed by atoms with Crippen LogP contribution in [0.4, 0.5) is 5.82 Å². The van der Waals surface area contributed by atoms with Crippen molar-refractivity contribution < 1.29 is 18.8 Å². The van der Waals surface area contributed by atoms with Gasteiger partial charge in [-0.15, -0.1) is 0 Å². The maximum absolute atomic E-state index is 13.3. The van der Waals surface area contributed by atoms with Crippen molar-refractivity contribution in [3.63, 3.8) is 0 Å². The molecule has 0 unspecified atom stereocenters. The molecule has 1 aromatic heterocycles. The first kappa shape index (κ1) is 32.2. The molecule has 3 rings (SSSR count). The third-order valence-electron chi connectivity index (χ3n) is 7.27. The average molecular weight is 600 g/mol. The van der Waals surface area contributed by atoms with E-state index >= 15 is 0 Å². The number of halogens is 1. The zero-order chi connectivity index (χ0) is 30.4. The normalized spacial score (nSPS) is 12.5. The van der Waals surface area contributed by atoms with Gasteiger partial charge in [0.2, 0.25) is 5.82 Å². The Morgan fingerprint density at radius 2 is 1.80 bits per heavy atom. The third-order valence-corrected chi connectivity index (χ3v) is 11.9. The fraction of sp³-hybridized carbons (Fsp3) is 0.433. The van der Waals surface area contributed by atoms with Crippen molar-refractivity contribution in [2.75, 3.05) is 25.5 Å². The van der Waals surface area contributed by atoms with Crippen LogP contribution in [0.15, 0.2) is 48.5 Å². The summed E-state index contributed by atoms with van der Waals surface area (Å²) >= 11 is 6.66.